The Morgan fingerprint density at radius 1 is 1.44 bits per heavy atom. The first-order chi connectivity index (χ1) is 8.65. The number of carboxylic acids is 1. The van der Waals surface area contributed by atoms with Crippen molar-refractivity contribution in [2.45, 2.75) is 25.2 Å². The molecule has 3 rings (SSSR count). The summed E-state index contributed by atoms with van der Waals surface area (Å²) in [5.74, 6) is -0.635. The van der Waals surface area contributed by atoms with Crippen LogP contribution in [0.5, 0.6) is 0 Å². The minimum Gasteiger partial charge on any atom is -0.481 e. The highest BCUT2D eigenvalue weighted by atomic mass is 79.9. The normalized spacial score (nSPS) is 23.6. The summed E-state index contributed by atoms with van der Waals surface area (Å²) in [6.45, 7) is 0. The summed E-state index contributed by atoms with van der Waals surface area (Å²) in [6.07, 6.45) is 2.47. The van der Waals surface area contributed by atoms with Crippen LogP contribution in [0.3, 0.4) is 0 Å². The van der Waals surface area contributed by atoms with Gasteiger partial charge in [-0.15, -0.1) is 0 Å². The maximum Gasteiger partial charge on any atom is 0.307 e. The summed E-state index contributed by atoms with van der Waals surface area (Å²) in [6, 6.07) is 5.62. The number of rotatable bonds is 2. The van der Waals surface area contributed by atoms with Gasteiger partial charge in [0.15, 0.2) is 11.5 Å². The van der Waals surface area contributed by atoms with E-state index in [0.29, 0.717) is 17.9 Å². The van der Waals surface area contributed by atoms with Crippen LogP contribution in [0.4, 0.5) is 0 Å². The van der Waals surface area contributed by atoms with E-state index in [1.807, 2.05) is 18.2 Å². The van der Waals surface area contributed by atoms with Crippen molar-refractivity contribution >= 4 is 33.0 Å². The van der Waals surface area contributed by atoms with Gasteiger partial charge in [-0.3, -0.25) is 4.79 Å². The highest BCUT2D eigenvalue weighted by molar-refractivity contribution is 9.10. The van der Waals surface area contributed by atoms with E-state index >= 15 is 0 Å². The second-order valence-corrected chi connectivity index (χ2v) is 5.56. The fourth-order valence-electron chi connectivity index (χ4n) is 2.63. The molecule has 18 heavy (non-hydrogen) atoms. The van der Waals surface area contributed by atoms with Crippen molar-refractivity contribution in [1.82, 2.24) is 4.98 Å². The molecule has 0 amide bonds. The lowest BCUT2D eigenvalue weighted by Gasteiger charge is -2.10. The van der Waals surface area contributed by atoms with Gasteiger partial charge in [0.05, 0.1) is 5.92 Å². The maximum atomic E-state index is 11.2. The van der Waals surface area contributed by atoms with Crippen LogP contribution < -0.4 is 0 Å². The zero-order chi connectivity index (χ0) is 12.7. The van der Waals surface area contributed by atoms with Crippen molar-refractivity contribution in [2.75, 3.05) is 0 Å². The molecule has 5 heteroatoms. The molecule has 0 aliphatic heterocycles. The van der Waals surface area contributed by atoms with Crippen LogP contribution >= 0.6 is 15.9 Å². The Kier molecular flexibility index (Phi) is 2.86. The predicted octanol–water partition coefficient (Wildman–Crippen LogP) is 3.56. The van der Waals surface area contributed by atoms with Gasteiger partial charge in [0.25, 0.3) is 0 Å². The molecule has 2 aromatic rings. The molecule has 0 bridgehead atoms. The monoisotopic (exact) mass is 309 g/mol. The summed E-state index contributed by atoms with van der Waals surface area (Å²) in [5, 5.41) is 9.19. The minimum atomic E-state index is -0.749. The van der Waals surface area contributed by atoms with Crippen molar-refractivity contribution in [3.63, 3.8) is 0 Å². The molecule has 2 atom stereocenters. The molecule has 1 aliphatic carbocycles. The fourth-order valence-corrected chi connectivity index (χ4v) is 2.98. The van der Waals surface area contributed by atoms with E-state index in [1.54, 1.807) is 0 Å². The summed E-state index contributed by atoms with van der Waals surface area (Å²) in [7, 11) is 0. The van der Waals surface area contributed by atoms with Crippen molar-refractivity contribution in [3.05, 3.63) is 28.6 Å². The molecule has 1 aromatic carbocycles. The molecular weight excluding hydrogens is 298 g/mol. The SMILES string of the molecule is O=C(O)C1CCCC1c1nc2cc(Br)ccc2o1. The van der Waals surface area contributed by atoms with Gasteiger partial charge in [0.1, 0.15) is 5.52 Å². The Hall–Kier alpha value is -1.36. The fraction of sp³-hybridized carbons (Fsp3) is 0.385. The van der Waals surface area contributed by atoms with Gasteiger partial charge in [0, 0.05) is 10.4 Å². The van der Waals surface area contributed by atoms with Crippen LogP contribution in [-0.2, 0) is 4.79 Å². The van der Waals surface area contributed by atoms with Gasteiger partial charge in [-0.1, -0.05) is 22.4 Å². The van der Waals surface area contributed by atoms with Crippen molar-refractivity contribution in [3.8, 4) is 0 Å². The Morgan fingerprint density at radius 3 is 3.06 bits per heavy atom. The first kappa shape index (κ1) is 11.7. The van der Waals surface area contributed by atoms with Crippen molar-refractivity contribution in [1.29, 1.82) is 0 Å². The third-order valence-corrected chi connectivity index (χ3v) is 4.01. The van der Waals surface area contributed by atoms with E-state index in [2.05, 4.69) is 20.9 Å². The number of aliphatic carboxylic acids is 1. The van der Waals surface area contributed by atoms with Crippen LogP contribution in [0, 0.1) is 5.92 Å². The molecule has 1 aliphatic rings. The third kappa shape index (κ3) is 1.92. The molecule has 1 heterocycles. The lowest BCUT2D eigenvalue weighted by atomic mass is 9.96. The Morgan fingerprint density at radius 2 is 2.28 bits per heavy atom. The number of nitrogens with zero attached hydrogens (tertiary/aromatic N) is 1. The predicted molar refractivity (Wildman–Crippen MR) is 69.4 cm³/mol. The minimum absolute atomic E-state index is 0.0892. The number of fused-ring (bicyclic) bond motifs is 1. The number of oxazole rings is 1. The topological polar surface area (TPSA) is 63.3 Å². The van der Waals surface area contributed by atoms with E-state index in [1.165, 1.54) is 0 Å². The van der Waals surface area contributed by atoms with Crippen molar-refractivity contribution < 1.29 is 14.3 Å². The first-order valence-electron chi connectivity index (χ1n) is 5.94. The Labute approximate surface area is 112 Å². The number of carboxylic acid groups (broad SMARTS) is 1. The van der Waals surface area contributed by atoms with Crippen LogP contribution in [0.15, 0.2) is 27.1 Å². The molecule has 2 unspecified atom stereocenters. The summed E-state index contributed by atoms with van der Waals surface area (Å²) < 4.78 is 6.63. The summed E-state index contributed by atoms with van der Waals surface area (Å²) in [4.78, 5) is 15.6. The van der Waals surface area contributed by atoms with Gasteiger partial charge in [-0.25, -0.2) is 4.98 Å². The van der Waals surface area contributed by atoms with Gasteiger partial charge in [-0.05, 0) is 31.0 Å². The van der Waals surface area contributed by atoms with Crippen molar-refractivity contribution in [2.24, 2.45) is 5.92 Å². The number of hydrogen-bond acceptors (Lipinski definition) is 3. The van der Waals surface area contributed by atoms with Crippen LogP contribution in [-0.4, -0.2) is 16.1 Å². The molecule has 94 valence electrons. The van der Waals surface area contributed by atoms with E-state index in [-0.39, 0.29) is 11.8 Å². The number of carbonyl (C=O) groups is 1. The lowest BCUT2D eigenvalue weighted by molar-refractivity contribution is -0.142. The maximum absolute atomic E-state index is 11.2. The molecule has 0 saturated heterocycles. The van der Waals surface area contributed by atoms with Crippen LogP contribution in [0.25, 0.3) is 11.1 Å². The molecule has 0 spiro atoms. The standard InChI is InChI=1S/C13H12BrNO3/c14-7-4-5-11-10(6-7)15-12(18-11)8-2-1-3-9(8)13(16)17/h4-6,8-9H,1-3H2,(H,16,17). The summed E-state index contributed by atoms with van der Waals surface area (Å²) in [5.41, 5.74) is 1.49. The first-order valence-corrected chi connectivity index (χ1v) is 6.73. The average molecular weight is 310 g/mol. The van der Waals surface area contributed by atoms with Gasteiger partial charge in [-0.2, -0.15) is 0 Å². The molecule has 1 aromatic heterocycles. The number of halogens is 1. The van der Waals surface area contributed by atoms with E-state index in [4.69, 9.17) is 4.42 Å². The Balaban J connectivity index is 2.01. The van der Waals surface area contributed by atoms with E-state index in [0.717, 1.165) is 22.8 Å². The number of hydrogen-bond donors (Lipinski definition) is 1. The highest BCUT2D eigenvalue weighted by Crippen LogP contribution is 2.40. The van der Waals surface area contributed by atoms with Crippen LogP contribution in [0.2, 0.25) is 0 Å². The third-order valence-electron chi connectivity index (χ3n) is 3.52. The van der Waals surface area contributed by atoms with E-state index in [9.17, 15) is 9.90 Å². The van der Waals surface area contributed by atoms with Gasteiger partial charge in [0.2, 0.25) is 0 Å². The smallest absolute Gasteiger partial charge is 0.307 e. The zero-order valence-corrected chi connectivity index (χ0v) is 11.2. The summed E-state index contributed by atoms with van der Waals surface area (Å²) >= 11 is 3.38. The molecule has 4 nitrogen and oxygen atoms in total. The number of benzene rings is 1. The second-order valence-electron chi connectivity index (χ2n) is 4.65. The number of aromatic nitrogens is 1. The molecule has 1 N–H and O–H groups in total. The lowest BCUT2D eigenvalue weighted by Crippen LogP contribution is -2.16. The highest BCUT2D eigenvalue weighted by Gasteiger charge is 2.37. The Bertz CT molecular complexity index is 607. The molecule has 0 radical (unpaired) electrons. The second kappa shape index (κ2) is 4.39. The molecule has 1 fully saturated rings. The molecular formula is C13H12BrNO3. The largest absolute Gasteiger partial charge is 0.481 e. The average Bonchev–Trinajstić information content (AvgIpc) is 2.93. The quantitative estimate of drug-likeness (QED) is 0.921. The van der Waals surface area contributed by atoms with Gasteiger partial charge < -0.3 is 9.52 Å². The van der Waals surface area contributed by atoms with Gasteiger partial charge >= 0.3 is 5.97 Å². The molecule has 1 saturated carbocycles. The van der Waals surface area contributed by atoms with E-state index < -0.39 is 5.97 Å². The van der Waals surface area contributed by atoms with Crippen LogP contribution in [0.1, 0.15) is 31.1 Å². The zero-order valence-electron chi connectivity index (χ0n) is 9.60.